The summed E-state index contributed by atoms with van der Waals surface area (Å²) < 4.78 is 12.1. The minimum atomic E-state index is -0.436. The fraction of sp³-hybridized carbons (Fsp3) is 0.400. The first-order valence-corrected chi connectivity index (χ1v) is 7.07. The predicted molar refractivity (Wildman–Crippen MR) is 81.8 cm³/mol. The second kappa shape index (κ2) is 8.14. The molecule has 2 rings (SSSR count). The molecule has 1 aromatic heterocycles. The van der Waals surface area contributed by atoms with Crippen molar-refractivity contribution in [2.45, 2.75) is 19.4 Å². The zero-order chi connectivity index (χ0) is 15.8. The highest BCUT2D eigenvalue weighted by Gasteiger charge is 2.15. The van der Waals surface area contributed by atoms with E-state index in [-0.39, 0.29) is 5.91 Å². The molecule has 0 fully saturated rings. The molecule has 0 radical (unpaired) electrons. The van der Waals surface area contributed by atoms with Gasteiger partial charge in [0.2, 0.25) is 5.91 Å². The van der Waals surface area contributed by atoms with Crippen LogP contribution in [0, 0.1) is 0 Å². The normalized spacial score (nSPS) is 11.9. The van der Waals surface area contributed by atoms with Gasteiger partial charge in [0.1, 0.15) is 24.4 Å². The van der Waals surface area contributed by atoms with Gasteiger partial charge in [0.15, 0.2) is 0 Å². The van der Waals surface area contributed by atoms with Gasteiger partial charge in [0, 0.05) is 31.9 Å². The maximum absolute atomic E-state index is 12.2. The molecule has 0 aliphatic rings. The van der Waals surface area contributed by atoms with Gasteiger partial charge in [-0.2, -0.15) is 5.10 Å². The molecule has 0 aliphatic heterocycles. The molecule has 0 saturated carbocycles. The van der Waals surface area contributed by atoms with Crippen molar-refractivity contribution in [2.75, 3.05) is 25.6 Å². The Morgan fingerprint density at radius 2 is 2.27 bits per heavy atom. The van der Waals surface area contributed by atoms with E-state index in [1.165, 1.54) is 17.3 Å². The number of hydrogen-bond acceptors (Lipinski definition) is 5. The Labute approximate surface area is 129 Å². The second-order valence-electron chi connectivity index (χ2n) is 4.76. The number of ether oxygens (including phenoxy) is 2. The number of hydrogen-bond donors (Lipinski definition) is 1. The van der Waals surface area contributed by atoms with Crippen LogP contribution in [0.3, 0.4) is 0 Å². The number of aromatic nitrogens is 3. The summed E-state index contributed by atoms with van der Waals surface area (Å²) in [6, 6.07) is 6.85. The first-order chi connectivity index (χ1) is 10.7. The van der Waals surface area contributed by atoms with E-state index in [4.69, 9.17) is 9.47 Å². The van der Waals surface area contributed by atoms with Gasteiger partial charge in [-0.3, -0.25) is 4.79 Å². The number of carbonyl (C=O) groups excluding carboxylic acids is 1. The first-order valence-electron chi connectivity index (χ1n) is 7.07. The van der Waals surface area contributed by atoms with Crippen LogP contribution in [-0.2, 0) is 9.53 Å². The standard InChI is InChI=1S/C15H20N4O3/c1-12(19-11-16-10-17-19)15(20)18-13-5-3-6-14(9-13)22-8-4-7-21-2/h3,5-6,9-12H,4,7-8H2,1-2H3,(H,18,20)/t12-/m1/s1. The summed E-state index contributed by atoms with van der Waals surface area (Å²) in [5, 5.41) is 6.80. The van der Waals surface area contributed by atoms with Gasteiger partial charge in [-0.1, -0.05) is 6.07 Å². The summed E-state index contributed by atoms with van der Waals surface area (Å²) >= 11 is 0. The SMILES string of the molecule is COCCCOc1cccc(NC(=O)[C@@H](C)n2cncn2)c1. The van der Waals surface area contributed by atoms with Crippen LogP contribution in [0.2, 0.25) is 0 Å². The highest BCUT2D eigenvalue weighted by atomic mass is 16.5. The van der Waals surface area contributed by atoms with E-state index in [1.54, 1.807) is 20.1 Å². The van der Waals surface area contributed by atoms with Gasteiger partial charge in [-0.05, 0) is 19.1 Å². The number of nitrogens with one attached hydrogen (secondary N) is 1. The molecule has 7 heteroatoms. The molecular weight excluding hydrogens is 284 g/mol. The molecule has 1 aromatic carbocycles. The Kier molecular flexibility index (Phi) is 5.91. The van der Waals surface area contributed by atoms with E-state index in [1.807, 2.05) is 18.2 Å². The quantitative estimate of drug-likeness (QED) is 0.754. The van der Waals surface area contributed by atoms with Crippen LogP contribution in [0.15, 0.2) is 36.9 Å². The third-order valence-corrected chi connectivity index (χ3v) is 3.08. The van der Waals surface area contributed by atoms with Crippen molar-refractivity contribution in [1.82, 2.24) is 14.8 Å². The third-order valence-electron chi connectivity index (χ3n) is 3.08. The minimum Gasteiger partial charge on any atom is -0.493 e. The van der Waals surface area contributed by atoms with Crippen molar-refractivity contribution in [2.24, 2.45) is 0 Å². The van der Waals surface area contributed by atoms with Gasteiger partial charge < -0.3 is 14.8 Å². The van der Waals surface area contributed by atoms with E-state index >= 15 is 0 Å². The van der Waals surface area contributed by atoms with Gasteiger partial charge >= 0.3 is 0 Å². The van der Waals surface area contributed by atoms with Crippen molar-refractivity contribution in [3.63, 3.8) is 0 Å². The highest BCUT2D eigenvalue weighted by Crippen LogP contribution is 2.18. The average molecular weight is 304 g/mol. The van der Waals surface area contributed by atoms with Gasteiger partial charge in [-0.15, -0.1) is 0 Å². The number of carbonyl (C=O) groups is 1. The maximum atomic E-state index is 12.2. The van der Waals surface area contributed by atoms with E-state index in [9.17, 15) is 4.79 Å². The largest absolute Gasteiger partial charge is 0.493 e. The van der Waals surface area contributed by atoms with Crippen LogP contribution < -0.4 is 10.1 Å². The molecule has 1 amide bonds. The number of rotatable bonds is 8. The lowest BCUT2D eigenvalue weighted by atomic mass is 10.2. The zero-order valence-electron chi connectivity index (χ0n) is 12.7. The highest BCUT2D eigenvalue weighted by molar-refractivity contribution is 5.93. The molecular formula is C15H20N4O3. The monoisotopic (exact) mass is 304 g/mol. The molecule has 1 heterocycles. The molecule has 0 unspecified atom stereocenters. The number of anilines is 1. The van der Waals surface area contributed by atoms with Crippen molar-refractivity contribution in [3.05, 3.63) is 36.9 Å². The summed E-state index contributed by atoms with van der Waals surface area (Å²) in [6.45, 7) is 2.99. The number of methoxy groups -OCH3 is 1. The maximum Gasteiger partial charge on any atom is 0.249 e. The Hall–Kier alpha value is -2.41. The fourth-order valence-electron chi connectivity index (χ4n) is 1.84. The van der Waals surface area contributed by atoms with Crippen LogP contribution in [0.4, 0.5) is 5.69 Å². The van der Waals surface area contributed by atoms with Crippen LogP contribution in [0.25, 0.3) is 0 Å². The van der Waals surface area contributed by atoms with Crippen LogP contribution in [-0.4, -0.2) is 41.0 Å². The fourth-order valence-corrected chi connectivity index (χ4v) is 1.84. The Morgan fingerprint density at radius 1 is 1.41 bits per heavy atom. The lowest BCUT2D eigenvalue weighted by Gasteiger charge is -2.13. The topological polar surface area (TPSA) is 78.3 Å². The molecule has 0 saturated heterocycles. The third kappa shape index (κ3) is 4.56. The number of benzene rings is 1. The predicted octanol–water partition coefficient (Wildman–Crippen LogP) is 1.89. The van der Waals surface area contributed by atoms with E-state index < -0.39 is 6.04 Å². The van der Waals surface area contributed by atoms with Crippen molar-refractivity contribution < 1.29 is 14.3 Å². The summed E-state index contributed by atoms with van der Waals surface area (Å²) in [6.07, 6.45) is 3.73. The molecule has 0 aliphatic carbocycles. The molecule has 7 nitrogen and oxygen atoms in total. The second-order valence-corrected chi connectivity index (χ2v) is 4.76. The first kappa shape index (κ1) is 16.0. The van der Waals surface area contributed by atoms with E-state index in [0.717, 1.165) is 6.42 Å². The molecule has 2 aromatic rings. The lowest BCUT2D eigenvalue weighted by molar-refractivity contribution is -0.119. The molecule has 0 spiro atoms. The zero-order valence-corrected chi connectivity index (χ0v) is 12.7. The molecule has 1 N–H and O–H groups in total. The van der Waals surface area contributed by atoms with Crippen molar-refractivity contribution >= 4 is 11.6 Å². The number of nitrogens with zero attached hydrogens (tertiary/aromatic N) is 3. The molecule has 118 valence electrons. The van der Waals surface area contributed by atoms with Crippen LogP contribution in [0.5, 0.6) is 5.75 Å². The summed E-state index contributed by atoms with van der Waals surface area (Å²) in [5.74, 6) is 0.546. The van der Waals surface area contributed by atoms with Gasteiger partial charge in [0.25, 0.3) is 0 Å². The summed E-state index contributed by atoms with van der Waals surface area (Å²) in [7, 11) is 1.66. The Morgan fingerprint density at radius 3 is 3.00 bits per heavy atom. The van der Waals surface area contributed by atoms with Crippen LogP contribution >= 0.6 is 0 Å². The molecule has 1 atom stereocenters. The van der Waals surface area contributed by atoms with E-state index in [0.29, 0.717) is 24.7 Å². The Bertz CT molecular complexity index is 586. The van der Waals surface area contributed by atoms with Gasteiger partial charge in [0.05, 0.1) is 6.61 Å². The van der Waals surface area contributed by atoms with Crippen molar-refractivity contribution in [3.8, 4) is 5.75 Å². The smallest absolute Gasteiger partial charge is 0.249 e. The molecule has 0 bridgehead atoms. The molecule has 22 heavy (non-hydrogen) atoms. The summed E-state index contributed by atoms with van der Waals surface area (Å²) in [4.78, 5) is 16.0. The summed E-state index contributed by atoms with van der Waals surface area (Å²) in [5.41, 5.74) is 0.682. The lowest BCUT2D eigenvalue weighted by Crippen LogP contribution is -2.24. The number of amides is 1. The minimum absolute atomic E-state index is 0.165. The van der Waals surface area contributed by atoms with Crippen LogP contribution in [0.1, 0.15) is 19.4 Å². The van der Waals surface area contributed by atoms with Gasteiger partial charge in [-0.25, -0.2) is 9.67 Å². The average Bonchev–Trinajstić information content (AvgIpc) is 3.05. The van der Waals surface area contributed by atoms with E-state index in [2.05, 4.69) is 15.4 Å². The van der Waals surface area contributed by atoms with Crippen molar-refractivity contribution in [1.29, 1.82) is 0 Å². The Balaban J connectivity index is 1.90.